The molecule has 2 heterocycles. The van der Waals surface area contributed by atoms with Gasteiger partial charge in [-0.25, -0.2) is 14.8 Å². The summed E-state index contributed by atoms with van der Waals surface area (Å²) >= 11 is 0. The van der Waals surface area contributed by atoms with Crippen molar-refractivity contribution in [2.75, 3.05) is 7.11 Å². The largest absolute Gasteiger partial charge is 0.381 e. The molecule has 0 aromatic carbocycles. The minimum Gasteiger partial charge on any atom is -0.381 e. The van der Waals surface area contributed by atoms with Gasteiger partial charge in [-0.05, 0) is 31.6 Å². The van der Waals surface area contributed by atoms with E-state index in [1.54, 1.807) is 14.2 Å². The molecular formula is C15H20N4O3. The van der Waals surface area contributed by atoms with Gasteiger partial charge in [0, 0.05) is 26.9 Å². The Balaban J connectivity index is 1.95. The first-order valence-electron chi connectivity index (χ1n) is 7.54. The highest BCUT2D eigenvalue weighted by Crippen LogP contribution is 2.26. The van der Waals surface area contributed by atoms with Crippen LogP contribution in [-0.2, 0) is 18.3 Å². The SMILES string of the molecule is COC1CCC(Cn2c(=O)c3cncnc3n(C)c2=O)CC1. The van der Waals surface area contributed by atoms with Gasteiger partial charge in [0.1, 0.15) is 11.7 Å². The molecule has 1 aliphatic carbocycles. The van der Waals surface area contributed by atoms with E-state index in [0.29, 0.717) is 29.6 Å². The van der Waals surface area contributed by atoms with Crippen LogP contribution in [0.5, 0.6) is 0 Å². The van der Waals surface area contributed by atoms with Crippen molar-refractivity contribution < 1.29 is 4.74 Å². The van der Waals surface area contributed by atoms with Crippen LogP contribution in [0.25, 0.3) is 11.0 Å². The van der Waals surface area contributed by atoms with E-state index in [4.69, 9.17) is 4.74 Å². The maximum atomic E-state index is 12.5. The molecule has 0 aliphatic heterocycles. The van der Waals surface area contributed by atoms with Crippen molar-refractivity contribution in [2.45, 2.75) is 38.3 Å². The molecule has 0 radical (unpaired) electrons. The van der Waals surface area contributed by atoms with Crippen LogP contribution >= 0.6 is 0 Å². The number of nitrogens with zero attached hydrogens (tertiary/aromatic N) is 4. The Morgan fingerprint density at radius 1 is 1.27 bits per heavy atom. The van der Waals surface area contributed by atoms with Gasteiger partial charge in [-0.2, -0.15) is 0 Å². The number of methoxy groups -OCH3 is 1. The summed E-state index contributed by atoms with van der Waals surface area (Å²) in [6, 6.07) is 0. The number of aromatic nitrogens is 4. The topological polar surface area (TPSA) is 79.0 Å². The van der Waals surface area contributed by atoms with Crippen LogP contribution < -0.4 is 11.2 Å². The van der Waals surface area contributed by atoms with E-state index in [-0.39, 0.29) is 11.2 Å². The Morgan fingerprint density at radius 3 is 2.68 bits per heavy atom. The minimum absolute atomic E-state index is 0.299. The lowest BCUT2D eigenvalue weighted by Crippen LogP contribution is -2.41. The molecule has 2 aromatic rings. The summed E-state index contributed by atoms with van der Waals surface area (Å²) in [5.41, 5.74) is -0.234. The van der Waals surface area contributed by atoms with Crippen molar-refractivity contribution >= 4 is 11.0 Å². The fraction of sp³-hybridized carbons (Fsp3) is 0.600. The quantitative estimate of drug-likeness (QED) is 0.834. The maximum absolute atomic E-state index is 12.5. The van der Waals surface area contributed by atoms with Crippen LogP contribution in [0.4, 0.5) is 0 Å². The molecule has 0 atom stereocenters. The summed E-state index contributed by atoms with van der Waals surface area (Å²) in [7, 11) is 3.37. The molecule has 7 heteroatoms. The molecule has 1 fully saturated rings. The molecule has 0 bridgehead atoms. The second-order valence-corrected chi connectivity index (χ2v) is 5.90. The van der Waals surface area contributed by atoms with Gasteiger partial charge in [0.05, 0.1) is 6.10 Å². The normalized spacial score (nSPS) is 22.1. The van der Waals surface area contributed by atoms with Crippen LogP contribution in [0.3, 0.4) is 0 Å². The summed E-state index contributed by atoms with van der Waals surface area (Å²) < 4.78 is 8.10. The first-order valence-corrected chi connectivity index (χ1v) is 7.54. The summed E-state index contributed by atoms with van der Waals surface area (Å²) in [5.74, 6) is 0.332. The number of rotatable bonds is 3. The van der Waals surface area contributed by atoms with Crippen molar-refractivity contribution in [1.29, 1.82) is 0 Å². The van der Waals surface area contributed by atoms with E-state index >= 15 is 0 Å². The van der Waals surface area contributed by atoms with Gasteiger partial charge in [-0.3, -0.25) is 13.9 Å². The number of hydrogen-bond donors (Lipinski definition) is 0. The van der Waals surface area contributed by atoms with Crippen molar-refractivity contribution in [3.05, 3.63) is 33.4 Å². The highest BCUT2D eigenvalue weighted by Gasteiger charge is 2.23. The third-order valence-corrected chi connectivity index (χ3v) is 4.57. The van der Waals surface area contributed by atoms with Crippen molar-refractivity contribution in [1.82, 2.24) is 19.1 Å². The smallest absolute Gasteiger partial charge is 0.332 e. The average molecular weight is 304 g/mol. The standard InChI is InChI=1S/C15H20N4O3/c1-18-13-12(7-16-9-17-13)14(20)19(15(18)21)8-10-3-5-11(22-2)6-4-10/h7,9-11H,3-6,8H2,1-2H3. The molecule has 0 amide bonds. The number of ether oxygens (including phenoxy) is 1. The summed E-state index contributed by atoms with van der Waals surface area (Å²) in [6.45, 7) is 0.451. The first-order chi connectivity index (χ1) is 10.6. The lowest BCUT2D eigenvalue weighted by molar-refractivity contribution is 0.0538. The highest BCUT2D eigenvalue weighted by atomic mass is 16.5. The van der Waals surface area contributed by atoms with Gasteiger partial charge in [0.15, 0.2) is 5.65 Å². The Hall–Kier alpha value is -2.02. The predicted molar refractivity (Wildman–Crippen MR) is 81.8 cm³/mol. The van der Waals surface area contributed by atoms with Gasteiger partial charge in [0.2, 0.25) is 0 Å². The van der Waals surface area contributed by atoms with Gasteiger partial charge in [-0.15, -0.1) is 0 Å². The fourth-order valence-electron chi connectivity index (χ4n) is 3.21. The molecule has 3 rings (SSSR count). The number of fused-ring (bicyclic) bond motifs is 1. The third kappa shape index (κ3) is 2.56. The fourth-order valence-corrected chi connectivity index (χ4v) is 3.21. The molecule has 7 nitrogen and oxygen atoms in total. The van der Waals surface area contributed by atoms with E-state index in [1.165, 1.54) is 21.7 Å². The van der Waals surface area contributed by atoms with Gasteiger partial charge in [-0.1, -0.05) is 0 Å². The zero-order valence-corrected chi connectivity index (χ0v) is 12.9. The Kier molecular flexibility index (Phi) is 4.06. The zero-order chi connectivity index (χ0) is 15.7. The van der Waals surface area contributed by atoms with Gasteiger partial charge in [0.25, 0.3) is 5.56 Å². The monoisotopic (exact) mass is 304 g/mol. The van der Waals surface area contributed by atoms with Gasteiger partial charge >= 0.3 is 5.69 Å². The molecule has 118 valence electrons. The van der Waals surface area contributed by atoms with E-state index in [1.807, 2.05) is 0 Å². The molecule has 1 saturated carbocycles. The van der Waals surface area contributed by atoms with Gasteiger partial charge < -0.3 is 4.74 Å². The van der Waals surface area contributed by atoms with E-state index in [9.17, 15) is 9.59 Å². The molecule has 1 aliphatic rings. The molecule has 0 spiro atoms. The maximum Gasteiger partial charge on any atom is 0.332 e. The summed E-state index contributed by atoms with van der Waals surface area (Å²) in [4.78, 5) is 32.9. The molecule has 0 N–H and O–H groups in total. The molecule has 0 unspecified atom stereocenters. The lowest BCUT2D eigenvalue weighted by Gasteiger charge is -2.27. The predicted octanol–water partition coefficient (Wildman–Crippen LogP) is 0.695. The van der Waals surface area contributed by atoms with Crippen LogP contribution in [0.2, 0.25) is 0 Å². The van der Waals surface area contributed by atoms with Crippen LogP contribution in [-0.4, -0.2) is 32.3 Å². The number of aryl methyl sites for hydroxylation is 1. The molecule has 22 heavy (non-hydrogen) atoms. The highest BCUT2D eigenvalue weighted by molar-refractivity contribution is 5.72. The number of hydrogen-bond acceptors (Lipinski definition) is 5. The second-order valence-electron chi connectivity index (χ2n) is 5.90. The van der Waals surface area contributed by atoms with E-state index in [2.05, 4.69) is 9.97 Å². The minimum atomic E-state index is -0.315. The van der Waals surface area contributed by atoms with Crippen molar-refractivity contribution in [3.8, 4) is 0 Å². The lowest BCUT2D eigenvalue weighted by atomic mass is 9.87. The van der Waals surface area contributed by atoms with Crippen molar-refractivity contribution in [3.63, 3.8) is 0 Å². The second kappa shape index (κ2) is 6.00. The zero-order valence-electron chi connectivity index (χ0n) is 12.9. The molecular weight excluding hydrogens is 284 g/mol. The Bertz CT molecular complexity index is 787. The van der Waals surface area contributed by atoms with E-state index < -0.39 is 0 Å². The Morgan fingerprint density at radius 2 is 2.00 bits per heavy atom. The molecule has 0 saturated heterocycles. The van der Waals surface area contributed by atoms with Crippen molar-refractivity contribution in [2.24, 2.45) is 13.0 Å². The summed E-state index contributed by atoms with van der Waals surface area (Å²) in [6.07, 6.45) is 7.02. The first kappa shape index (κ1) is 14.9. The average Bonchev–Trinajstić information content (AvgIpc) is 2.57. The molecule has 2 aromatic heterocycles. The Labute approximate surface area is 127 Å². The van der Waals surface area contributed by atoms with Crippen LogP contribution in [0.1, 0.15) is 25.7 Å². The van der Waals surface area contributed by atoms with E-state index in [0.717, 1.165) is 25.7 Å². The summed E-state index contributed by atoms with van der Waals surface area (Å²) in [5, 5.41) is 0.384. The van der Waals surface area contributed by atoms with Crippen LogP contribution in [0.15, 0.2) is 22.1 Å². The third-order valence-electron chi connectivity index (χ3n) is 4.57. The van der Waals surface area contributed by atoms with Crippen LogP contribution in [0, 0.1) is 5.92 Å².